The van der Waals surface area contributed by atoms with Crippen LogP contribution in [-0.2, 0) is 0 Å². The minimum Gasteiger partial charge on any atom is -0.350 e. The average molecular weight is 339 g/mol. The second kappa shape index (κ2) is 7.24. The van der Waals surface area contributed by atoms with Crippen LogP contribution in [0.2, 0.25) is 10.0 Å². The monoisotopic (exact) mass is 337 g/mol. The lowest BCUT2D eigenvalue weighted by atomic mass is 10.1. The highest BCUT2D eigenvalue weighted by molar-refractivity contribution is 9.09. The van der Waals surface area contributed by atoms with Crippen molar-refractivity contribution in [2.24, 2.45) is 0 Å². The predicted molar refractivity (Wildman–Crippen MR) is 76.4 cm³/mol. The van der Waals surface area contributed by atoms with E-state index >= 15 is 0 Å². The number of carbonyl (C=O) groups excluding carboxylic acids is 1. The number of alkyl halides is 1. The Bertz CT molecular complexity index is 398. The summed E-state index contributed by atoms with van der Waals surface area (Å²) in [6, 6.07) is 5.16. The zero-order chi connectivity index (χ0) is 12.8. The number of benzene rings is 1. The van der Waals surface area contributed by atoms with Crippen LogP contribution in [0, 0.1) is 0 Å². The summed E-state index contributed by atoms with van der Waals surface area (Å²) in [7, 11) is 0. The molecule has 0 aliphatic rings. The van der Waals surface area contributed by atoms with Gasteiger partial charge in [-0.1, -0.05) is 45.2 Å². The molecule has 1 atom stereocenters. The Labute approximate surface area is 120 Å². The Balaban J connectivity index is 2.67. The second-order valence-electron chi connectivity index (χ2n) is 3.81. The minimum atomic E-state index is -0.181. The molecule has 0 heterocycles. The summed E-state index contributed by atoms with van der Waals surface area (Å²) in [4.78, 5) is 11.9. The lowest BCUT2D eigenvalue weighted by molar-refractivity contribution is 0.0938. The molecule has 2 nitrogen and oxygen atoms in total. The molecule has 0 fully saturated rings. The van der Waals surface area contributed by atoms with Crippen molar-refractivity contribution in [2.75, 3.05) is 5.33 Å². The van der Waals surface area contributed by atoms with E-state index in [1.165, 1.54) is 0 Å². The maximum absolute atomic E-state index is 11.9. The molecule has 0 bridgehead atoms. The van der Waals surface area contributed by atoms with Gasteiger partial charge in [-0.3, -0.25) is 4.79 Å². The molecule has 1 N–H and O–H groups in total. The number of nitrogens with one attached hydrogen (secondary N) is 1. The molecule has 0 spiro atoms. The van der Waals surface area contributed by atoms with Crippen LogP contribution >= 0.6 is 39.1 Å². The summed E-state index contributed by atoms with van der Waals surface area (Å²) in [6.07, 6.45) is 1.94. The van der Waals surface area contributed by atoms with Crippen molar-refractivity contribution in [3.63, 3.8) is 0 Å². The topological polar surface area (TPSA) is 29.1 Å². The number of hydrogen-bond acceptors (Lipinski definition) is 1. The van der Waals surface area contributed by atoms with Crippen molar-refractivity contribution in [3.05, 3.63) is 33.8 Å². The van der Waals surface area contributed by atoms with E-state index in [-0.39, 0.29) is 11.9 Å². The van der Waals surface area contributed by atoms with Gasteiger partial charge in [0.2, 0.25) is 0 Å². The van der Waals surface area contributed by atoms with Gasteiger partial charge in [-0.05, 0) is 31.9 Å². The van der Waals surface area contributed by atoms with Gasteiger partial charge in [0, 0.05) is 11.4 Å². The van der Waals surface area contributed by atoms with Gasteiger partial charge < -0.3 is 5.32 Å². The number of amides is 1. The zero-order valence-electron chi connectivity index (χ0n) is 9.47. The van der Waals surface area contributed by atoms with Gasteiger partial charge >= 0.3 is 0 Å². The maximum atomic E-state index is 11.9. The quantitative estimate of drug-likeness (QED) is 0.797. The van der Waals surface area contributed by atoms with E-state index in [1.807, 2.05) is 6.92 Å². The minimum absolute atomic E-state index is 0.120. The third-order valence-corrected chi connectivity index (χ3v) is 3.72. The van der Waals surface area contributed by atoms with Crippen LogP contribution in [0.4, 0.5) is 0 Å². The molecule has 94 valence electrons. The molecule has 0 aliphatic carbocycles. The van der Waals surface area contributed by atoms with E-state index in [0.29, 0.717) is 15.6 Å². The smallest absolute Gasteiger partial charge is 0.253 e. The lowest BCUT2D eigenvalue weighted by Gasteiger charge is -2.14. The van der Waals surface area contributed by atoms with Crippen LogP contribution in [-0.4, -0.2) is 17.3 Å². The van der Waals surface area contributed by atoms with Gasteiger partial charge in [-0.15, -0.1) is 0 Å². The van der Waals surface area contributed by atoms with E-state index in [1.54, 1.807) is 18.2 Å². The van der Waals surface area contributed by atoms with E-state index in [4.69, 9.17) is 23.2 Å². The summed E-state index contributed by atoms with van der Waals surface area (Å²) in [6.45, 7) is 1.97. The standard InChI is InChI=1S/C12H14BrCl2NO/c1-8(4-3-7-13)16-12(17)9-5-2-6-10(14)11(9)15/h2,5-6,8H,3-4,7H2,1H3,(H,16,17). The average Bonchev–Trinajstić information content (AvgIpc) is 2.29. The molecule has 0 saturated carbocycles. The van der Waals surface area contributed by atoms with Crippen molar-refractivity contribution in [3.8, 4) is 0 Å². The molecule has 0 radical (unpaired) electrons. The third-order valence-electron chi connectivity index (χ3n) is 2.34. The largest absolute Gasteiger partial charge is 0.350 e. The summed E-state index contributed by atoms with van der Waals surface area (Å²) in [5.41, 5.74) is 0.421. The number of rotatable bonds is 5. The molecule has 1 unspecified atom stereocenters. The molecule has 1 amide bonds. The normalized spacial score (nSPS) is 12.2. The van der Waals surface area contributed by atoms with Crippen LogP contribution in [0.3, 0.4) is 0 Å². The second-order valence-corrected chi connectivity index (χ2v) is 5.39. The van der Waals surface area contributed by atoms with Crippen LogP contribution in [0.15, 0.2) is 18.2 Å². The van der Waals surface area contributed by atoms with Gasteiger partial charge in [0.05, 0.1) is 15.6 Å². The summed E-state index contributed by atoms with van der Waals surface area (Å²) >= 11 is 15.2. The van der Waals surface area contributed by atoms with E-state index in [2.05, 4.69) is 21.2 Å². The van der Waals surface area contributed by atoms with Gasteiger partial charge in [0.25, 0.3) is 5.91 Å². The highest BCUT2D eigenvalue weighted by Gasteiger charge is 2.14. The molecule has 1 aromatic carbocycles. The van der Waals surface area contributed by atoms with E-state index in [0.717, 1.165) is 18.2 Å². The Morgan fingerprint density at radius 2 is 2.18 bits per heavy atom. The Morgan fingerprint density at radius 3 is 2.82 bits per heavy atom. The van der Waals surface area contributed by atoms with Crippen molar-refractivity contribution < 1.29 is 4.79 Å². The fourth-order valence-electron chi connectivity index (χ4n) is 1.44. The maximum Gasteiger partial charge on any atom is 0.253 e. The Hall–Kier alpha value is -0.250. The van der Waals surface area contributed by atoms with Crippen LogP contribution in [0.25, 0.3) is 0 Å². The number of halogens is 3. The first-order chi connectivity index (χ1) is 8.06. The Morgan fingerprint density at radius 1 is 1.47 bits per heavy atom. The van der Waals surface area contributed by atoms with Crippen LogP contribution < -0.4 is 5.32 Å². The lowest BCUT2D eigenvalue weighted by Crippen LogP contribution is -2.32. The van der Waals surface area contributed by atoms with Crippen LogP contribution in [0.1, 0.15) is 30.1 Å². The van der Waals surface area contributed by atoms with Gasteiger partial charge in [0.1, 0.15) is 0 Å². The predicted octanol–water partition coefficient (Wildman–Crippen LogP) is 4.29. The molecular weight excluding hydrogens is 325 g/mol. The molecule has 5 heteroatoms. The van der Waals surface area contributed by atoms with E-state index in [9.17, 15) is 4.79 Å². The molecule has 17 heavy (non-hydrogen) atoms. The van der Waals surface area contributed by atoms with E-state index < -0.39 is 0 Å². The SMILES string of the molecule is CC(CCCBr)NC(=O)c1cccc(Cl)c1Cl. The first-order valence-electron chi connectivity index (χ1n) is 5.37. The first kappa shape index (κ1) is 14.8. The number of hydrogen-bond donors (Lipinski definition) is 1. The zero-order valence-corrected chi connectivity index (χ0v) is 12.6. The molecular formula is C12H14BrCl2NO. The highest BCUT2D eigenvalue weighted by atomic mass is 79.9. The molecule has 0 aromatic heterocycles. The molecule has 0 saturated heterocycles. The molecule has 0 aliphatic heterocycles. The third kappa shape index (κ3) is 4.49. The summed E-state index contributed by atoms with van der Waals surface area (Å²) < 4.78 is 0. The van der Waals surface area contributed by atoms with Gasteiger partial charge in [-0.2, -0.15) is 0 Å². The van der Waals surface area contributed by atoms with Crippen molar-refractivity contribution in [1.82, 2.24) is 5.32 Å². The number of carbonyl (C=O) groups is 1. The molecule has 1 rings (SSSR count). The van der Waals surface area contributed by atoms with Gasteiger partial charge in [0.15, 0.2) is 0 Å². The Kier molecular flexibility index (Phi) is 6.31. The van der Waals surface area contributed by atoms with Crippen LogP contribution in [0.5, 0.6) is 0 Å². The van der Waals surface area contributed by atoms with Crippen molar-refractivity contribution in [2.45, 2.75) is 25.8 Å². The summed E-state index contributed by atoms with van der Waals surface area (Å²) in [5, 5.41) is 4.53. The summed E-state index contributed by atoms with van der Waals surface area (Å²) in [5.74, 6) is -0.181. The molecule has 1 aromatic rings. The van der Waals surface area contributed by atoms with Crippen molar-refractivity contribution >= 4 is 45.0 Å². The van der Waals surface area contributed by atoms with Gasteiger partial charge in [-0.25, -0.2) is 0 Å². The highest BCUT2D eigenvalue weighted by Crippen LogP contribution is 2.25. The van der Waals surface area contributed by atoms with Crippen molar-refractivity contribution in [1.29, 1.82) is 0 Å². The first-order valence-corrected chi connectivity index (χ1v) is 7.25. The fraction of sp³-hybridized carbons (Fsp3) is 0.417. The fourth-order valence-corrected chi connectivity index (χ4v) is 2.15.